The van der Waals surface area contributed by atoms with Crippen LogP contribution in [0.3, 0.4) is 0 Å². The van der Waals surface area contributed by atoms with Crippen molar-refractivity contribution in [2.75, 3.05) is 12.4 Å². The Morgan fingerprint density at radius 3 is 2.83 bits per heavy atom. The average Bonchev–Trinajstić information content (AvgIpc) is 2.00. The van der Waals surface area contributed by atoms with Crippen molar-refractivity contribution in [2.45, 2.75) is 6.54 Å². The Morgan fingerprint density at radius 2 is 2.25 bits per heavy atom. The quantitative estimate of drug-likeness (QED) is 0.711. The third-order valence-electron chi connectivity index (χ3n) is 1.41. The van der Waals surface area contributed by atoms with Crippen LogP contribution >= 0.6 is 0 Å². The monoisotopic (exact) mass is 174 g/mol. The maximum Gasteiger partial charge on any atom is 0.273 e. The summed E-state index contributed by atoms with van der Waals surface area (Å²) >= 11 is 0. The van der Waals surface area contributed by atoms with Crippen LogP contribution in [0.1, 0.15) is 0 Å². The zero-order valence-electron chi connectivity index (χ0n) is 6.26. The third kappa shape index (κ3) is 1.61. The lowest BCUT2D eigenvalue weighted by molar-refractivity contribution is 0.436. The van der Waals surface area contributed by atoms with Gasteiger partial charge in [-0.05, 0) is 0 Å². The number of rotatable bonds is 2. The minimum atomic E-state index is -0.719. The molecule has 0 saturated heterocycles. The number of aryl methyl sites for hydroxylation is 1. The molecule has 0 aliphatic carbocycles. The van der Waals surface area contributed by atoms with Crippen molar-refractivity contribution < 1.29 is 8.78 Å². The summed E-state index contributed by atoms with van der Waals surface area (Å²) < 4.78 is 25.3. The van der Waals surface area contributed by atoms with Gasteiger partial charge in [-0.1, -0.05) is 0 Å². The molecule has 0 atom stereocenters. The Morgan fingerprint density at radius 1 is 1.58 bits per heavy atom. The van der Waals surface area contributed by atoms with Gasteiger partial charge in [0.25, 0.3) is 5.56 Å². The van der Waals surface area contributed by atoms with Gasteiger partial charge in [0.1, 0.15) is 18.2 Å². The topological polar surface area (TPSA) is 48.0 Å². The number of nitrogens with zero attached hydrogens (tertiary/aromatic N) is 1. The molecule has 0 aliphatic rings. The first-order chi connectivity index (χ1) is 5.65. The lowest BCUT2D eigenvalue weighted by atomic mass is 10.4. The van der Waals surface area contributed by atoms with E-state index in [0.29, 0.717) is 0 Å². The summed E-state index contributed by atoms with van der Waals surface area (Å²) in [6, 6.07) is 0.914. The van der Waals surface area contributed by atoms with Crippen molar-refractivity contribution in [1.29, 1.82) is 0 Å². The van der Waals surface area contributed by atoms with Crippen molar-refractivity contribution >= 4 is 5.69 Å². The minimum Gasteiger partial charge on any atom is -0.394 e. The van der Waals surface area contributed by atoms with Crippen LogP contribution in [0.4, 0.5) is 14.5 Å². The van der Waals surface area contributed by atoms with E-state index in [2.05, 4.69) is 0 Å². The van der Waals surface area contributed by atoms with E-state index in [1.807, 2.05) is 0 Å². The molecule has 1 aromatic heterocycles. The summed E-state index contributed by atoms with van der Waals surface area (Å²) in [5.41, 5.74) is 4.39. The number of nitrogen functional groups attached to an aromatic ring is 1. The standard InChI is InChI=1S/C7H8F2N2O/c8-1-2-11-4-5(9)3-6(10)7(11)12/h3-4H,1-2,10H2. The van der Waals surface area contributed by atoms with E-state index in [0.717, 1.165) is 16.8 Å². The van der Waals surface area contributed by atoms with Gasteiger partial charge in [-0.15, -0.1) is 0 Å². The Hall–Kier alpha value is -1.39. The number of hydrogen-bond acceptors (Lipinski definition) is 2. The molecule has 1 aromatic rings. The second kappa shape index (κ2) is 3.34. The first-order valence-corrected chi connectivity index (χ1v) is 3.36. The molecule has 2 N–H and O–H groups in total. The maximum absolute atomic E-state index is 12.6. The van der Waals surface area contributed by atoms with Crippen LogP contribution < -0.4 is 11.3 Å². The molecular formula is C7H8F2N2O. The molecule has 0 bridgehead atoms. The number of pyridine rings is 1. The minimum absolute atomic E-state index is 0.166. The summed E-state index contributed by atoms with van der Waals surface area (Å²) in [5.74, 6) is -0.638. The zero-order valence-corrected chi connectivity index (χ0v) is 6.26. The lowest BCUT2D eigenvalue weighted by Gasteiger charge is -2.02. The number of aromatic nitrogens is 1. The smallest absolute Gasteiger partial charge is 0.273 e. The molecule has 0 amide bonds. The van der Waals surface area contributed by atoms with Gasteiger partial charge in [0, 0.05) is 12.3 Å². The van der Waals surface area contributed by atoms with Crippen LogP contribution in [0.25, 0.3) is 0 Å². The molecule has 1 heterocycles. The highest BCUT2D eigenvalue weighted by Crippen LogP contribution is 1.98. The predicted molar refractivity (Wildman–Crippen MR) is 41.0 cm³/mol. The SMILES string of the molecule is Nc1cc(F)cn(CCF)c1=O. The molecule has 0 aliphatic heterocycles. The Balaban J connectivity index is 3.19. The largest absolute Gasteiger partial charge is 0.394 e. The van der Waals surface area contributed by atoms with Crippen molar-refractivity contribution in [3.63, 3.8) is 0 Å². The van der Waals surface area contributed by atoms with Crippen LogP contribution in [0, 0.1) is 5.82 Å². The highest BCUT2D eigenvalue weighted by Gasteiger charge is 2.02. The van der Waals surface area contributed by atoms with Crippen molar-refractivity contribution in [3.05, 3.63) is 28.4 Å². The molecule has 5 heteroatoms. The van der Waals surface area contributed by atoms with E-state index < -0.39 is 18.1 Å². The second-order valence-corrected chi connectivity index (χ2v) is 2.30. The summed E-state index contributed by atoms with van der Waals surface area (Å²) in [4.78, 5) is 11.0. The molecule has 0 aromatic carbocycles. The Bertz CT molecular complexity index is 335. The Labute approximate surface area is 67.4 Å². The lowest BCUT2D eigenvalue weighted by Crippen LogP contribution is -2.23. The highest BCUT2D eigenvalue weighted by molar-refractivity contribution is 5.34. The highest BCUT2D eigenvalue weighted by atomic mass is 19.1. The molecule has 1 rings (SSSR count). The van der Waals surface area contributed by atoms with Gasteiger partial charge in [0.15, 0.2) is 0 Å². The van der Waals surface area contributed by atoms with Gasteiger partial charge >= 0.3 is 0 Å². The summed E-state index contributed by atoms with van der Waals surface area (Å²) in [7, 11) is 0. The fourth-order valence-electron chi connectivity index (χ4n) is 0.878. The van der Waals surface area contributed by atoms with Gasteiger partial charge in [-0.2, -0.15) is 0 Å². The molecule has 0 unspecified atom stereocenters. The van der Waals surface area contributed by atoms with Crippen molar-refractivity contribution in [2.24, 2.45) is 0 Å². The molecule has 0 fully saturated rings. The number of hydrogen-bond donors (Lipinski definition) is 1. The molecule has 66 valence electrons. The molecule has 0 radical (unpaired) electrons. The summed E-state index contributed by atoms with van der Waals surface area (Å²) in [6.45, 7) is -0.885. The van der Waals surface area contributed by atoms with Gasteiger partial charge in [-0.3, -0.25) is 4.79 Å². The number of alkyl halides is 1. The first-order valence-electron chi connectivity index (χ1n) is 3.36. The normalized spacial score (nSPS) is 10.2. The van der Waals surface area contributed by atoms with Crippen molar-refractivity contribution in [1.82, 2.24) is 4.57 Å². The van der Waals surface area contributed by atoms with Gasteiger partial charge < -0.3 is 10.3 Å². The van der Waals surface area contributed by atoms with Crippen molar-refractivity contribution in [3.8, 4) is 0 Å². The molecule has 3 nitrogen and oxygen atoms in total. The fraction of sp³-hybridized carbons (Fsp3) is 0.286. The molecule has 0 spiro atoms. The summed E-state index contributed by atoms with van der Waals surface area (Å²) in [5, 5.41) is 0. The van der Waals surface area contributed by atoms with Crippen LogP contribution in [0.15, 0.2) is 17.1 Å². The fourth-order valence-corrected chi connectivity index (χ4v) is 0.878. The molecule has 12 heavy (non-hydrogen) atoms. The van der Waals surface area contributed by atoms with Gasteiger partial charge in [0.05, 0.1) is 6.54 Å². The van der Waals surface area contributed by atoms with Crippen LogP contribution in [-0.4, -0.2) is 11.2 Å². The second-order valence-electron chi connectivity index (χ2n) is 2.30. The van der Waals surface area contributed by atoms with E-state index in [4.69, 9.17) is 5.73 Å². The Kier molecular flexibility index (Phi) is 2.42. The molecular weight excluding hydrogens is 166 g/mol. The first kappa shape index (κ1) is 8.70. The van der Waals surface area contributed by atoms with Crippen LogP contribution in [-0.2, 0) is 6.54 Å². The number of anilines is 1. The zero-order chi connectivity index (χ0) is 9.14. The third-order valence-corrected chi connectivity index (χ3v) is 1.41. The van der Waals surface area contributed by atoms with E-state index in [-0.39, 0.29) is 12.2 Å². The van der Waals surface area contributed by atoms with Crippen LogP contribution in [0.2, 0.25) is 0 Å². The number of halogens is 2. The van der Waals surface area contributed by atoms with E-state index in [1.165, 1.54) is 0 Å². The maximum atomic E-state index is 12.6. The van der Waals surface area contributed by atoms with Gasteiger partial charge in [0.2, 0.25) is 0 Å². The van der Waals surface area contributed by atoms with E-state index >= 15 is 0 Å². The van der Waals surface area contributed by atoms with E-state index in [9.17, 15) is 13.6 Å². The predicted octanol–water partition coefficient (Wildman–Crippen LogP) is 0.539. The number of nitrogens with two attached hydrogens (primary N) is 1. The van der Waals surface area contributed by atoms with Crippen LogP contribution in [0.5, 0.6) is 0 Å². The van der Waals surface area contributed by atoms with Gasteiger partial charge in [-0.25, -0.2) is 8.78 Å². The summed E-state index contributed by atoms with van der Waals surface area (Å²) in [6.07, 6.45) is 0.929. The van der Waals surface area contributed by atoms with E-state index in [1.54, 1.807) is 0 Å². The molecule has 0 saturated carbocycles. The average molecular weight is 174 g/mol.